The van der Waals surface area contributed by atoms with Gasteiger partial charge in [0.15, 0.2) is 0 Å². The molecule has 0 atom stereocenters. The van der Waals surface area contributed by atoms with E-state index in [1.807, 2.05) is 30.3 Å². The third-order valence-electron chi connectivity index (χ3n) is 5.38. The van der Waals surface area contributed by atoms with Gasteiger partial charge >= 0.3 is 0 Å². The number of aromatic amines is 1. The minimum atomic E-state index is -0.432. The van der Waals surface area contributed by atoms with E-state index in [-0.39, 0.29) is 5.41 Å². The van der Waals surface area contributed by atoms with Gasteiger partial charge in [0.05, 0.1) is 0 Å². The molecule has 0 fully saturated rings. The van der Waals surface area contributed by atoms with Crippen LogP contribution in [0.1, 0.15) is 48.0 Å². The van der Waals surface area contributed by atoms with Gasteiger partial charge in [0.1, 0.15) is 0 Å². The summed E-state index contributed by atoms with van der Waals surface area (Å²) in [6.45, 7) is 7.42. The number of nitrogens with one attached hydrogen (secondary N) is 1. The van der Waals surface area contributed by atoms with Crippen molar-refractivity contribution in [1.82, 2.24) is 9.88 Å². The van der Waals surface area contributed by atoms with Crippen molar-refractivity contribution in [2.24, 2.45) is 0 Å². The number of carbonyl (C=O) groups is 2. The van der Waals surface area contributed by atoms with Crippen LogP contribution >= 0.6 is 0 Å². The van der Waals surface area contributed by atoms with E-state index in [9.17, 15) is 9.59 Å². The molecule has 2 heterocycles. The van der Waals surface area contributed by atoms with Crippen LogP contribution in [0.5, 0.6) is 0 Å². The van der Waals surface area contributed by atoms with E-state index in [1.54, 1.807) is 17.0 Å². The summed E-state index contributed by atoms with van der Waals surface area (Å²) in [5, 5.41) is 1.13. The lowest BCUT2D eigenvalue weighted by atomic mass is 9.86. The van der Waals surface area contributed by atoms with Gasteiger partial charge in [0.2, 0.25) is 5.78 Å². The number of amides is 1. The monoisotopic (exact) mass is 360 g/mol. The molecule has 4 nitrogen and oxygen atoms in total. The molecule has 1 N–H and O–H groups in total. The first-order valence-electron chi connectivity index (χ1n) is 9.37. The van der Waals surface area contributed by atoms with Gasteiger partial charge in [-0.15, -0.1) is 0 Å². The number of Topliss-reactive ketones (excluding diaryl/α,β-unsaturated/α-hetero) is 1. The second-order valence-electron chi connectivity index (χ2n) is 8.26. The van der Waals surface area contributed by atoms with E-state index in [0.29, 0.717) is 18.7 Å². The summed E-state index contributed by atoms with van der Waals surface area (Å²) >= 11 is 0. The zero-order chi connectivity index (χ0) is 19.2. The fraction of sp³-hybridized carbons (Fsp3) is 0.304. The van der Waals surface area contributed by atoms with Gasteiger partial charge in [0, 0.05) is 47.2 Å². The Hall–Kier alpha value is -2.88. The molecule has 0 bridgehead atoms. The maximum absolute atomic E-state index is 12.8. The smallest absolute Gasteiger partial charge is 0.295 e. The first-order chi connectivity index (χ1) is 12.8. The van der Waals surface area contributed by atoms with Crippen LogP contribution in [0.4, 0.5) is 0 Å². The van der Waals surface area contributed by atoms with Crippen LogP contribution in [0, 0.1) is 0 Å². The van der Waals surface area contributed by atoms with Crippen LogP contribution in [0.2, 0.25) is 0 Å². The lowest BCUT2D eigenvalue weighted by Crippen LogP contribution is -2.40. The van der Waals surface area contributed by atoms with Gasteiger partial charge in [-0.1, -0.05) is 63.2 Å². The maximum Gasteiger partial charge on any atom is 0.295 e. The first-order valence-corrected chi connectivity index (χ1v) is 9.37. The number of para-hydroxylation sites is 1. The molecule has 0 spiro atoms. The number of rotatable bonds is 2. The average molecular weight is 360 g/mol. The third kappa shape index (κ3) is 3.16. The Balaban J connectivity index is 1.55. The molecule has 1 amide bonds. The van der Waals surface area contributed by atoms with E-state index >= 15 is 0 Å². The summed E-state index contributed by atoms with van der Waals surface area (Å²) in [6, 6.07) is 15.5. The fourth-order valence-corrected chi connectivity index (χ4v) is 3.73. The van der Waals surface area contributed by atoms with Gasteiger partial charge in [-0.25, -0.2) is 0 Å². The second-order valence-corrected chi connectivity index (χ2v) is 8.26. The van der Waals surface area contributed by atoms with Crippen molar-refractivity contribution >= 4 is 22.6 Å². The summed E-state index contributed by atoms with van der Waals surface area (Å²) in [5.41, 5.74) is 5.00. The minimum absolute atomic E-state index is 0.0181. The number of aromatic nitrogens is 1. The Morgan fingerprint density at radius 1 is 1.00 bits per heavy atom. The van der Waals surface area contributed by atoms with Crippen LogP contribution in [0.15, 0.2) is 48.5 Å². The summed E-state index contributed by atoms with van der Waals surface area (Å²) < 4.78 is 0. The molecule has 27 heavy (non-hydrogen) atoms. The van der Waals surface area contributed by atoms with Gasteiger partial charge in [-0.05, 0) is 17.0 Å². The zero-order valence-corrected chi connectivity index (χ0v) is 16.0. The van der Waals surface area contributed by atoms with Crippen LogP contribution < -0.4 is 0 Å². The highest BCUT2D eigenvalue weighted by atomic mass is 16.2. The molecule has 1 aromatic heterocycles. The minimum Gasteiger partial charge on any atom is -0.358 e. The van der Waals surface area contributed by atoms with Crippen LogP contribution in [0.25, 0.3) is 10.9 Å². The van der Waals surface area contributed by atoms with Gasteiger partial charge in [0.25, 0.3) is 5.91 Å². The van der Waals surface area contributed by atoms with Crippen LogP contribution in [-0.4, -0.2) is 28.1 Å². The molecule has 0 saturated heterocycles. The number of carbonyl (C=O) groups excluding carboxylic acids is 2. The highest BCUT2D eigenvalue weighted by Crippen LogP contribution is 2.28. The molecule has 4 heteroatoms. The summed E-state index contributed by atoms with van der Waals surface area (Å²) in [5.74, 6) is -0.854. The number of H-pyrrole nitrogens is 1. The Morgan fingerprint density at radius 2 is 1.70 bits per heavy atom. The lowest BCUT2D eigenvalue weighted by Gasteiger charge is -2.26. The normalized spacial score (nSPS) is 14.3. The standard InChI is InChI=1S/C23H24N2O2/c1-23(2,3)16-10-8-15(9-11-16)21(26)22(27)25-13-12-20-18(14-25)17-6-4-5-7-19(17)24-20/h4-11,24H,12-14H2,1-3H3. The van der Waals surface area contributed by atoms with Crippen molar-refractivity contribution in [2.45, 2.75) is 39.2 Å². The van der Waals surface area contributed by atoms with Crippen molar-refractivity contribution in [2.75, 3.05) is 6.54 Å². The predicted octanol–water partition coefficient (Wildman–Crippen LogP) is 4.23. The Kier molecular flexibility index (Phi) is 4.14. The second kappa shape index (κ2) is 6.38. The Labute approximate surface area is 159 Å². The maximum atomic E-state index is 12.8. The fourth-order valence-electron chi connectivity index (χ4n) is 3.73. The van der Waals surface area contributed by atoms with E-state index < -0.39 is 11.7 Å². The quantitative estimate of drug-likeness (QED) is 0.549. The molecule has 0 saturated carbocycles. The molecular weight excluding hydrogens is 336 g/mol. The van der Waals surface area contributed by atoms with Crippen molar-refractivity contribution in [3.63, 3.8) is 0 Å². The molecule has 0 radical (unpaired) electrons. The van der Waals surface area contributed by atoms with Gasteiger partial charge < -0.3 is 9.88 Å². The van der Waals surface area contributed by atoms with E-state index in [1.165, 1.54) is 5.69 Å². The predicted molar refractivity (Wildman–Crippen MR) is 107 cm³/mol. The molecule has 138 valence electrons. The molecule has 0 unspecified atom stereocenters. The molecule has 4 rings (SSSR count). The van der Waals surface area contributed by atoms with Gasteiger partial charge in [-0.2, -0.15) is 0 Å². The third-order valence-corrected chi connectivity index (χ3v) is 5.38. The Bertz CT molecular complexity index is 1020. The van der Waals surface area contributed by atoms with Crippen LogP contribution in [-0.2, 0) is 23.2 Å². The molecule has 3 aromatic rings. The first kappa shape index (κ1) is 17.5. The zero-order valence-electron chi connectivity index (χ0n) is 16.0. The van der Waals surface area contributed by atoms with Crippen molar-refractivity contribution in [1.29, 1.82) is 0 Å². The number of fused-ring (bicyclic) bond motifs is 3. The largest absolute Gasteiger partial charge is 0.358 e. The lowest BCUT2D eigenvalue weighted by molar-refractivity contribution is -0.127. The molecule has 0 aliphatic carbocycles. The number of ketones is 1. The van der Waals surface area contributed by atoms with E-state index in [2.05, 4.69) is 31.8 Å². The van der Waals surface area contributed by atoms with E-state index in [0.717, 1.165) is 28.5 Å². The van der Waals surface area contributed by atoms with Crippen molar-refractivity contribution in [3.05, 3.63) is 70.9 Å². The highest BCUT2D eigenvalue weighted by Gasteiger charge is 2.28. The number of benzene rings is 2. The number of hydrogen-bond donors (Lipinski definition) is 1. The SMILES string of the molecule is CC(C)(C)c1ccc(C(=O)C(=O)N2CCc3[nH]c4ccccc4c3C2)cc1. The summed E-state index contributed by atoms with van der Waals surface area (Å²) in [7, 11) is 0. The number of hydrogen-bond acceptors (Lipinski definition) is 2. The molecule has 1 aliphatic rings. The Morgan fingerprint density at radius 3 is 2.41 bits per heavy atom. The molecule has 2 aromatic carbocycles. The van der Waals surface area contributed by atoms with Crippen molar-refractivity contribution < 1.29 is 9.59 Å². The van der Waals surface area contributed by atoms with Gasteiger partial charge in [-0.3, -0.25) is 9.59 Å². The molecular formula is C23H24N2O2. The summed E-state index contributed by atoms with van der Waals surface area (Å²) in [6.07, 6.45) is 0.742. The van der Waals surface area contributed by atoms with Crippen molar-refractivity contribution in [3.8, 4) is 0 Å². The highest BCUT2D eigenvalue weighted by molar-refractivity contribution is 6.42. The number of nitrogens with zero attached hydrogens (tertiary/aromatic N) is 1. The average Bonchev–Trinajstić information content (AvgIpc) is 3.04. The van der Waals surface area contributed by atoms with Crippen LogP contribution in [0.3, 0.4) is 0 Å². The molecule has 1 aliphatic heterocycles. The summed E-state index contributed by atoms with van der Waals surface area (Å²) in [4.78, 5) is 30.6. The topological polar surface area (TPSA) is 53.2 Å². The van der Waals surface area contributed by atoms with E-state index in [4.69, 9.17) is 0 Å².